The standard InChI is InChI=1S/C21H17F2N3O2/c22-9-12-1-5-18(23)16(7-12)20-24-10-15(11-25-20)26-19-6-4-14(13-2-3-13)8-17(19)21(27)28/h1,4-8,10-11,13,26H,2-3,9H2,(H,27,28). The Labute approximate surface area is 160 Å². The van der Waals surface area contributed by atoms with Gasteiger partial charge in [0, 0.05) is 0 Å². The van der Waals surface area contributed by atoms with Crippen LogP contribution in [0.15, 0.2) is 48.8 Å². The SMILES string of the molecule is O=C(O)c1cc(C2CC2)ccc1Nc1cnc(-c2cc(CF)ccc2F)nc1. The summed E-state index contributed by atoms with van der Waals surface area (Å²) in [6.07, 6.45) is 5.04. The summed E-state index contributed by atoms with van der Waals surface area (Å²) in [6.45, 7) is -0.707. The molecule has 1 aliphatic carbocycles. The summed E-state index contributed by atoms with van der Waals surface area (Å²) < 4.78 is 26.8. The number of halogens is 2. The summed E-state index contributed by atoms with van der Waals surface area (Å²) >= 11 is 0. The number of aromatic carboxylic acids is 1. The molecule has 0 amide bonds. The van der Waals surface area contributed by atoms with Crippen molar-refractivity contribution in [3.8, 4) is 11.4 Å². The molecule has 1 aromatic heterocycles. The quantitative estimate of drug-likeness (QED) is 0.623. The van der Waals surface area contributed by atoms with Crippen LogP contribution >= 0.6 is 0 Å². The highest BCUT2D eigenvalue weighted by Crippen LogP contribution is 2.41. The minimum Gasteiger partial charge on any atom is -0.478 e. The number of carbonyl (C=O) groups is 1. The second kappa shape index (κ2) is 7.34. The van der Waals surface area contributed by atoms with Crippen LogP contribution in [-0.4, -0.2) is 21.0 Å². The van der Waals surface area contributed by atoms with E-state index in [1.165, 1.54) is 30.6 Å². The molecule has 2 aromatic carbocycles. The predicted molar refractivity (Wildman–Crippen MR) is 101 cm³/mol. The van der Waals surface area contributed by atoms with Crippen molar-refractivity contribution in [3.05, 3.63) is 71.3 Å². The Morgan fingerprint density at radius 1 is 1.14 bits per heavy atom. The fourth-order valence-electron chi connectivity index (χ4n) is 3.03. The second-order valence-corrected chi connectivity index (χ2v) is 6.75. The largest absolute Gasteiger partial charge is 0.478 e. The van der Waals surface area contributed by atoms with Gasteiger partial charge in [-0.2, -0.15) is 0 Å². The van der Waals surface area contributed by atoms with Crippen LogP contribution in [0, 0.1) is 5.82 Å². The van der Waals surface area contributed by atoms with Crippen LogP contribution in [0.2, 0.25) is 0 Å². The van der Waals surface area contributed by atoms with Gasteiger partial charge in [0.1, 0.15) is 12.5 Å². The van der Waals surface area contributed by atoms with Gasteiger partial charge in [0.05, 0.1) is 34.9 Å². The highest BCUT2D eigenvalue weighted by atomic mass is 19.1. The van der Waals surface area contributed by atoms with E-state index >= 15 is 0 Å². The Kier molecular flexibility index (Phi) is 4.73. The van der Waals surface area contributed by atoms with Crippen molar-refractivity contribution < 1.29 is 18.7 Å². The molecule has 1 aliphatic rings. The zero-order chi connectivity index (χ0) is 19.7. The van der Waals surface area contributed by atoms with Crippen molar-refractivity contribution in [1.82, 2.24) is 9.97 Å². The normalized spacial score (nSPS) is 13.4. The van der Waals surface area contributed by atoms with Gasteiger partial charge < -0.3 is 10.4 Å². The van der Waals surface area contributed by atoms with E-state index in [1.807, 2.05) is 6.07 Å². The van der Waals surface area contributed by atoms with Crippen molar-refractivity contribution in [2.24, 2.45) is 0 Å². The molecule has 1 heterocycles. The van der Waals surface area contributed by atoms with Gasteiger partial charge >= 0.3 is 5.97 Å². The number of nitrogens with zero attached hydrogens (tertiary/aromatic N) is 2. The molecule has 0 radical (unpaired) electrons. The fourth-order valence-corrected chi connectivity index (χ4v) is 3.03. The number of hydrogen-bond acceptors (Lipinski definition) is 4. The van der Waals surface area contributed by atoms with Gasteiger partial charge in [-0.05, 0) is 54.2 Å². The number of aromatic nitrogens is 2. The van der Waals surface area contributed by atoms with Gasteiger partial charge in [-0.3, -0.25) is 0 Å². The first-order valence-electron chi connectivity index (χ1n) is 8.86. The van der Waals surface area contributed by atoms with Crippen LogP contribution in [0.5, 0.6) is 0 Å². The van der Waals surface area contributed by atoms with Gasteiger partial charge in [-0.15, -0.1) is 0 Å². The summed E-state index contributed by atoms with van der Waals surface area (Å²) in [7, 11) is 0. The number of nitrogens with one attached hydrogen (secondary N) is 1. The summed E-state index contributed by atoms with van der Waals surface area (Å²) in [5.41, 5.74) is 2.55. The molecule has 5 nitrogen and oxygen atoms in total. The van der Waals surface area contributed by atoms with E-state index in [-0.39, 0.29) is 17.0 Å². The number of alkyl halides is 1. The zero-order valence-corrected chi connectivity index (χ0v) is 14.8. The third-order valence-electron chi connectivity index (χ3n) is 4.68. The molecule has 7 heteroatoms. The first kappa shape index (κ1) is 18.0. The molecule has 0 atom stereocenters. The molecule has 2 N–H and O–H groups in total. The Balaban J connectivity index is 1.59. The Bertz CT molecular complexity index is 1030. The van der Waals surface area contributed by atoms with Gasteiger partial charge in [0.15, 0.2) is 5.82 Å². The maximum Gasteiger partial charge on any atom is 0.337 e. The fraction of sp³-hybridized carbons (Fsp3) is 0.190. The minimum atomic E-state index is -1.02. The van der Waals surface area contributed by atoms with E-state index in [0.717, 1.165) is 18.4 Å². The van der Waals surface area contributed by atoms with Gasteiger partial charge in [-0.25, -0.2) is 23.5 Å². The topological polar surface area (TPSA) is 75.1 Å². The summed E-state index contributed by atoms with van der Waals surface area (Å²) in [5.74, 6) is -0.986. The lowest BCUT2D eigenvalue weighted by Crippen LogP contribution is -2.04. The molecule has 0 unspecified atom stereocenters. The first-order chi connectivity index (χ1) is 13.5. The number of anilines is 2. The second-order valence-electron chi connectivity index (χ2n) is 6.75. The van der Waals surface area contributed by atoms with Gasteiger partial charge in [0.25, 0.3) is 0 Å². The lowest BCUT2D eigenvalue weighted by Gasteiger charge is -2.11. The highest BCUT2D eigenvalue weighted by Gasteiger charge is 2.25. The summed E-state index contributed by atoms with van der Waals surface area (Å²) in [4.78, 5) is 19.9. The van der Waals surface area contributed by atoms with E-state index in [0.29, 0.717) is 22.9 Å². The predicted octanol–water partition coefficient (Wildman–Crippen LogP) is 5.07. The third kappa shape index (κ3) is 3.69. The maximum atomic E-state index is 14.0. The van der Waals surface area contributed by atoms with Crippen LogP contribution < -0.4 is 5.32 Å². The van der Waals surface area contributed by atoms with Crippen molar-refractivity contribution >= 4 is 17.3 Å². The van der Waals surface area contributed by atoms with Crippen molar-refractivity contribution in [2.45, 2.75) is 25.4 Å². The van der Waals surface area contributed by atoms with Gasteiger partial charge in [-0.1, -0.05) is 12.1 Å². The average Bonchev–Trinajstić information content (AvgIpc) is 3.54. The minimum absolute atomic E-state index is 0.113. The lowest BCUT2D eigenvalue weighted by molar-refractivity contribution is 0.0698. The molecule has 4 rings (SSSR count). The lowest BCUT2D eigenvalue weighted by atomic mass is 10.0. The summed E-state index contributed by atoms with van der Waals surface area (Å²) in [5, 5.41) is 12.5. The molecule has 0 bridgehead atoms. The van der Waals surface area contributed by atoms with Crippen molar-refractivity contribution in [3.63, 3.8) is 0 Å². The van der Waals surface area contributed by atoms with Crippen LogP contribution in [-0.2, 0) is 6.67 Å². The Morgan fingerprint density at radius 2 is 1.89 bits per heavy atom. The van der Waals surface area contributed by atoms with Crippen LogP contribution in [0.4, 0.5) is 20.2 Å². The van der Waals surface area contributed by atoms with Crippen LogP contribution in [0.3, 0.4) is 0 Å². The molecule has 0 aliphatic heterocycles. The maximum absolute atomic E-state index is 14.0. The van der Waals surface area contributed by atoms with Gasteiger partial charge in [0.2, 0.25) is 0 Å². The summed E-state index contributed by atoms with van der Waals surface area (Å²) in [6, 6.07) is 9.26. The first-order valence-corrected chi connectivity index (χ1v) is 8.86. The number of benzene rings is 2. The molecule has 28 heavy (non-hydrogen) atoms. The smallest absolute Gasteiger partial charge is 0.337 e. The van der Waals surface area contributed by atoms with E-state index in [2.05, 4.69) is 15.3 Å². The van der Waals surface area contributed by atoms with E-state index in [9.17, 15) is 18.7 Å². The monoisotopic (exact) mass is 381 g/mol. The number of rotatable bonds is 6. The molecule has 1 saturated carbocycles. The number of carboxylic acids is 1. The molecular weight excluding hydrogens is 364 g/mol. The Morgan fingerprint density at radius 3 is 2.54 bits per heavy atom. The molecular formula is C21H17F2N3O2. The van der Waals surface area contributed by atoms with E-state index in [4.69, 9.17) is 0 Å². The molecule has 3 aromatic rings. The Hall–Kier alpha value is -3.35. The van der Waals surface area contributed by atoms with E-state index in [1.54, 1.807) is 12.1 Å². The molecule has 1 fully saturated rings. The van der Waals surface area contributed by atoms with E-state index < -0.39 is 18.5 Å². The zero-order valence-electron chi connectivity index (χ0n) is 14.8. The number of carboxylic acid groups (broad SMARTS) is 1. The molecule has 0 spiro atoms. The highest BCUT2D eigenvalue weighted by molar-refractivity contribution is 5.95. The van der Waals surface area contributed by atoms with Crippen molar-refractivity contribution in [2.75, 3.05) is 5.32 Å². The van der Waals surface area contributed by atoms with Crippen LogP contribution in [0.25, 0.3) is 11.4 Å². The van der Waals surface area contributed by atoms with Crippen molar-refractivity contribution in [1.29, 1.82) is 0 Å². The molecule has 142 valence electrons. The third-order valence-corrected chi connectivity index (χ3v) is 4.68. The molecule has 0 saturated heterocycles. The van der Waals surface area contributed by atoms with Crippen LogP contribution in [0.1, 0.15) is 40.2 Å². The average molecular weight is 381 g/mol. The number of hydrogen-bond donors (Lipinski definition) is 2.